The van der Waals surface area contributed by atoms with Gasteiger partial charge in [-0.15, -0.1) is 0 Å². The lowest BCUT2D eigenvalue weighted by atomic mass is 9.94. The van der Waals surface area contributed by atoms with Gasteiger partial charge in [-0.1, -0.05) is 55.5 Å². The minimum Gasteiger partial charge on any atom is -0.493 e. The van der Waals surface area contributed by atoms with Crippen molar-refractivity contribution in [2.75, 3.05) is 26.7 Å². The van der Waals surface area contributed by atoms with Gasteiger partial charge >= 0.3 is 0 Å². The smallest absolute Gasteiger partial charge is 0.230 e. The van der Waals surface area contributed by atoms with Crippen molar-refractivity contribution in [1.82, 2.24) is 9.80 Å². The molecule has 0 unspecified atom stereocenters. The van der Waals surface area contributed by atoms with Crippen molar-refractivity contribution in [3.63, 3.8) is 0 Å². The number of hydrogen-bond donors (Lipinski definition) is 0. The van der Waals surface area contributed by atoms with E-state index in [4.69, 9.17) is 14.5 Å². The third kappa shape index (κ3) is 4.36. The van der Waals surface area contributed by atoms with E-state index in [-0.39, 0.29) is 17.9 Å². The molecule has 6 heteroatoms. The van der Waals surface area contributed by atoms with Gasteiger partial charge in [-0.05, 0) is 43.2 Å². The number of nitrogens with zero attached hydrogens (tertiary/aromatic N) is 3. The van der Waals surface area contributed by atoms with Gasteiger partial charge in [0.1, 0.15) is 11.5 Å². The largest absolute Gasteiger partial charge is 0.493 e. The average Bonchev–Trinajstić information content (AvgIpc) is 3.06. The van der Waals surface area contributed by atoms with Crippen molar-refractivity contribution in [3.8, 4) is 17.2 Å². The fourth-order valence-electron chi connectivity index (χ4n) is 5.03. The number of benzene rings is 3. The Morgan fingerprint density at radius 3 is 2.57 bits per heavy atom. The van der Waals surface area contributed by atoms with Crippen LogP contribution in [0.3, 0.4) is 0 Å². The summed E-state index contributed by atoms with van der Waals surface area (Å²) in [6, 6.07) is 23.8. The topological polar surface area (TPSA) is 54.4 Å². The molecule has 180 valence electrons. The van der Waals surface area contributed by atoms with E-state index < -0.39 is 0 Å². The molecule has 0 radical (unpaired) electrons. The molecule has 6 nitrogen and oxygen atoms in total. The van der Waals surface area contributed by atoms with Crippen LogP contribution in [0.25, 0.3) is 0 Å². The first-order valence-electron chi connectivity index (χ1n) is 12.2. The molecule has 0 aromatic heterocycles. The van der Waals surface area contributed by atoms with Crippen LogP contribution in [0.2, 0.25) is 0 Å². The number of carbonyl (C=O) groups is 1. The number of amides is 1. The van der Waals surface area contributed by atoms with Crippen molar-refractivity contribution >= 4 is 17.4 Å². The van der Waals surface area contributed by atoms with Crippen LogP contribution in [-0.4, -0.2) is 54.3 Å². The van der Waals surface area contributed by atoms with E-state index in [9.17, 15) is 4.79 Å². The first-order chi connectivity index (χ1) is 17.1. The second kappa shape index (κ2) is 9.82. The number of methoxy groups -OCH3 is 1. The van der Waals surface area contributed by atoms with Gasteiger partial charge in [0.2, 0.25) is 5.91 Å². The summed E-state index contributed by atoms with van der Waals surface area (Å²) in [5.74, 6) is 2.96. The quantitative estimate of drug-likeness (QED) is 0.499. The van der Waals surface area contributed by atoms with Crippen molar-refractivity contribution in [2.45, 2.75) is 32.2 Å². The molecule has 2 aliphatic rings. The molecular formula is C29H31N3O3. The number of hydrogen-bond acceptors (Lipinski definition) is 5. The average molecular weight is 470 g/mol. The second-order valence-corrected chi connectivity index (χ2v) is 9.04. The van der Waals surface area contributed by atoms with Crippen molar-refractivity contribution in [2.24, 2.45) is 4.99 Å². The molecule has 0 bridgehead atoms. The van der Waals surface area contributed by atoms with Crippen LogP contribution >= 0.6 is 0 Å². The molecule has 1 amide bonds. The third-order valence-electron chi connectivity index (χ3n) is 6.86. The van der Waals surface area contributed by atoms with Crippen molar-refractivity contribution in [3.05, 3.63) is 83.9 Å². The highest BCUT2D eigenvalue weighted by Crippen LogP contribution is 2.43. The Kier molecular flexibility index (Phi) is 6.45. The van der Waals surface area contributed by atoms with E-state index in [2.05, 4.69) is 30.9 Å². The number of para-hydroxylation sites is 3. The molecule has 0 N–H and O–H groups in total. The zero-order valence-corrected chi connectivity index (χ0v) is 20.5. The lowest BCUT2D eigenvalue weighted by Gasteiger charge is -2.42. The summed E-state index contributed by atoms with van der Waals surface area (Å²) in [6.45, 7) is 6.23. The highest BCUT2D eigenvalue weighted by Gasteiger charge is 2.34. The molecule has 0 spiro atoms. The second-order valence-electron chi connectivity index (χ2n) is 9.04. The van der Waals surface area contributed by atoms with E-state index in [0.717, 1.165) is 29.1 Å². The molecule has 5 rings (SSSR count). The van der Waals surface area contributed by atoms with Gasteiger partial charge in [0.25, 0.3) is 0 Å². The van der Waals surface area contributed by atoms with E-state index in [0.29, 0.717) is 36.9 Å². The first kappa shape index (κ1) is 23.0. The normalized spacial score (nSPS) is 17.9. The minimum absolute atomic E-state index is 0.0465. The predicted octanol–water partition coefficient (Wildman–Crippen LogP) is 5.61. The number of aliphatic imine (C=N–C) groups is 1. The van der Waals surface area contributed by atoms with Crippen LogP contribution in [0, 0.1) is 0 Å². The van der Waals surface area contributed by atoms with Crippen LogP contribution in [0.15, 0.2) is 77.8 Å². The molecular weight excluding hydrogens is 438 g/mol. The maximum atomic E-state index is 13.6. The third-order valence-corrected chi connectivity index (χ3v) is 6.86. The summed E-state index contributed by atoms with van der Waals surface area (Å²) < 4.78 is 11.9. The Bertz CT molecular complexity index is 1240. The van der Waals surface area contributed by atoms with Gasteiger partial charge in [0.15, 0.2) is 17.2 Å². The lowest BCUT2D eigenvalue weighted by Crippen LogP contribution is -2.56. The Balaban J connectivity index is 1.44. The summed E-state index contributed by atoms with van der Waals surface area (Å²) in [6.07, 6.45) is 0.782. The predicted molar refractivity (Wildman–Crippen MR) is 138 cm³/mol. The van der Waals surface area contributed by atoms with Crippen LogP contribution in [-0.2, 0) is 4.79 Å². The monoisotopic (exact) mass is 469 g/mol. The highest BCUT2D eigenvalue weighted by molar-refractivity contribution is 6.04. The number of piperazine rings is 1. The van der Waals surface area contributed by atoms with Crippen molar-refractivity contribution < 1.29 is 14.3 Å². The molecule has 3 aromatic rings. The van der Waals surface area contributed by atoms with Crippen LogP contribution in [0.5, 0.6) is 17.2 Å². The SMILES string of the molecule is CC[C@@H](C(=O)N1CCN(C2=Nc3ccccc3Oc3c(OC)cccc32)C[C@H]1C)c1ccccc1. The molecule has 35 heavy (non-hydrogen) atoms. The molecule has 2 atom stereocenters. The number of amidine groups is 1. The number of rotatable bonds is 4. The van der Waals surface area contributed by atoms with Gasteiger partial charge in [-0.3, -0.25) is 4.79 Å². The first-order valence-corrected chi connectivity index (χ1v) is 12.2. The van der Waals surface area contributed by atoms with Gasteiger partial charge in [0.05, 0.1) is 18.6 Å². The van der Waals surface area contributed by atoms with Gasteiger partial charge in [-0.25, -0.2) is 4.99 Å². The summed E-state index contributed by atoms with van der Waals surface area (Å²) in [4.78, 5) is 22.9. The molecule has 1 saturated heterocycles. The Labute approximate surface area is 206 Å². The zero-order chi connectivity index (χ0) is 24.4. The maximum Gasteiger partial charge on any atom is 0.230 e. The fraction of sp³-hybridized carbons (Fsp3) is 0.310. The van der Waals surface area contributed by atoms with E-state index in [1.807, 2.05) is 65.6 Å². The summed E-state index contributed by atoms with van der Waals surface area (Å²) >= 11 is 0. The van der Waals surface area contributed by atoms with Crippen LogP contribution in [0.1, 0.15) is 37.3 Å². The highest BCUT2D eigenvalue weighted by atomic mass is 16.5. The van der Waals surface area contributed by atoms with E-state index >= 15 is 0 Å². The minimum atomic E-state index is -0.120. The number of carbonyl (C=O) groups excluding carboxylic acids is 1. The molecule has 1 fully saturated rings. The van der Waals surface area contributed by atoms with Gasteiger partial charge in [-0.2, -0.15) is 0 Å². The van der Waals surface area contributed by atoms with Gasteiger partial charge in [0, 0.05) is 25.7 Å². The van der Waals surface area contributed by atoms with Crippen molar-refractivity contribution in [1.29, 1.82) is 0 Å². The molecule has 2 aliphatic heterocycles. The van der Waals surface area contributed by atoms with Crippen LogP contribution < -0.4 is 9.47 Å². The number of fused-ring (bicyclic) bond motifs is 2. The lowest BCUT2D eigenvalue weighted by molar-refractivity contribution is -0.136. The summed E-state index contributed by atoms with van der Waals surface area (Å²) in [5.41, 5.74) is 2.75. The Hall–Kier alpha value is -3.80. The Morgan fingerprint density at radius 2 is 1.83 bits per heavy atom. The zero-order valence-electron chi connectivity index (χ0n) is 20.5. The summed E-state index contributed by atoms with van der Waals surface area (Å²) in [7, 11) is 1.65. The molecule has 0 aliphatic carbocycles. The van der Waals surface area contributed by atoms with Crippen LogP contribution in [0.4, 0.5) is 5.69 Å². The van der Waals surface area contributed by atoms with Gasteiger partial charge < -0.3 is 19.3 Å². The number of ether oxygens (including phenoxy) is 2. The molecule has 2 heterocycles. The Morgan fingerprint density at radius 1 is 1.06 bits per heavy atom. The molecule has 3 aromatic carbocycles. The van der Waals surface area contributed by atoms with E-state index in [1.165, 1.54) is 0 Å². The summed E-state index contributed by atoms with van der Waals surface area (Å²) in [5, 5.41) is 0. The van der Waals surface area contributed by atoms with E-state index in [1.54, 1.807) is 7.11 Å². The maximum absolute atomic E-state index is 13.6. The fourth-order valence-corrected chi connectivity index (χ4v) is 5.03. The standard InChI is InChI=1S/C29H31N3O3/c1-4-22(21-11-6-5-7-12-21)29(33)32-18-17-31(19-20(32)2)28-23-13-10-16-26(34-3)27(23)35-25-15-9-8-14-24(25)30-28/h5-16,20,22H,4,17-19H2,1-3H3/t20-,22-/m1/s1. The molecule has 0 saturated carbocycles.